The van der Waals surface area contributed by atoms with E-state index >= 15 is 0 Å². The standard InChI is InChI=1S/C13H10S.C2H6/c1-3-7-12-10(5-1)9-11-6-2-4-8-13(11)14-12;1-2/h1-8H,9H2;1-2H3. The van der Waals surface area contributed by atoms with Gasteiger partial charge in [0.2, 0.25) is 0 Å². The summed E-state index contributed by atoms with van der Waals surface area (Å²) >= 11 is 1.88. The molecule has 1 heterocycles. The minimum absolute atomic E-state index is 1.08. The van der Waals surface area contributed by atoms with Crippen molar-refractivity contribution in [2.45, 2.75) is 30.1 Å². The summed E-state index contributed by atoms with van der Waals surface area (Å²) in [6.45, 7) is 4.00. The Morgan fingerprint density at radius 3 is 1.69 bits per heavy atom. The Morgan fingerprint density at radius 1 is 0.750 bits per heavy atom. The van der Waals surface area contributed by atoms with Crippen molar-refractivity contribution in [3.05, 3.63) is 59.7 Å². The van der Waals surface area contributed by atoms with Crippen LogP contribution in [0.1, 0.15) is 25.0 Å². The zero-order valence-corrected chi connectivity index (χ0v) is 10.6. The summed E-state index contributed by atoms with van der Waals surface area (Å²) in [6, 6.07) is 17.3. The molecule has 2 aromatic rings. The lowest BCUT2D eigenvalue weighted by Gasteiger charge is -2.17. The van der Waals surface area contributed by atoms with Crippen molar-refractivity contribution >= 4 is 11.8 Å². The van der Waals surface area contributed by atoms with Gasteiger partial charge in [0.05, 0.1) is 0 Å². The lowest BCUT2D eigenvalue weighted by atomic mass is 10.0. The second-order valence-electron chi connectivity index (χ2n) is 3.49. The van der Waals surface area contributed by atoms with E-state index in [0.717, 1.165) is 6.42 Å². The molecule has 2 aromatic carbocycles. The van der Waals surface area contributed by atoms with Crippen molar-refractivity contribution in [3.8, 4) is 0 Å². The van der Waals surface area contributed by atoms with Gasteiger partial charge in [0.1, 0.15) is 0 Å². The van der Waals surface area contributed by atoms with Gasteiger partial charge in [0.25, 0.3) is 0 Å². The summed E-state index contributed by atoms with van der Waals surface area (Å²) in [5.74, 6) is 0. The number of rotatable bonds is 0. The molecule has 1 aliphatic rings. The first-order valence-corrected chi connectivity index (χ1v) is 6.59. The molecule has 0 saturated carbocycles. The highest BCUT2D eigenvalue weighted by molar-refractivity contribution is 7.99. The van der Waals surface area contributed by atoms with Crippen LogP contribution in [-0.2, 0) is 6.42 Å². The quantitative estimate of drug-likeness (QED) is 0.534. The number of hydrogen-bond acceptors (Lipinski definition) is 1. The summed E-state index contributed by atoms with van der Waals surface area (Å²) in [6.07, 6.45) is 1.08. The van der Waals surface area contributed by atoms with E-state index in [-0.39, 0.29) is 0 Å². The molecule has 1 heteroatoms. The highest BCUT2D eigenvalue weighted by Gasteiger charge is 2.13. The minimum Gasteiger partial charge on any atom is -0.0895 e. The summed E-state index contributed by atoms with van der Waals surface area (Å²) in [5, 5.41) is 0. The molecular formula is C15H16S. The Kier molecular flexibility index (Phi) is 3.68. The molecule has 0 spiro atoms. The molecule has 82 valence electrons. The van der Waals surface area contributed by atoms with Gasteiger partial charge in [0.15, 0.2) is 0 Å². The third-order valence-electron chi connectivity index (χ3n) is 2.55. The maximum Gasteiger partial charge on any atom is 0.0157 e. The van der Waals surface area contributed by atoms with Gasteiger partial charge in [-0.15, -0.1) is 0 Å². The molecular weight excluding hydrogens is 212 g/mol. The van der Waals surface area contributed by atoms with Gasteiger partial charge in [-0.05, 0) is 29.7 Å². The van der Waals surface area contributed by atoms with E-state index in [4.69, 9.17) is 0 Å². The second-order valence-corrected chi connectivity index (χ2v) is 4.58. The van der Waals surface area contributed by atoms with Crippen molar-refractivity contribution in [1.29, 1.82) is 0 Å². The Bertz CT molecular complexity index is 387. The zero-order chi connectivity index (χ0) is 11.4. The van der Waals surface area contributed by atoms with E-state index in [1.54, 1.807) is 0 Å². The van der Waals surface area contributed by atoms with E-state index in [0.29, 0.717) is 0 Å². The molecule has 16 heavy (non-hydrogen) atoms. The van der Waals surface area contributed by atoms with Crippen molar-refractivity contribution in [2.24, 2.45) is 0 Å². The molecule has 0 nitrogen and oxygen atoms in total. The zero-order valence-electron chi connectivity index (χ0n) is 9.73. The first-order chi connectivity index (χ1) is 7.93. The van der Waals surface area contributed by atoms with Gasteiger partial charge in [-0.3, -0.25) is 0 Å². The molecule has 0 fully saturated rings. The molecule has 0 amide bonds. The lowest BCUT2D eigenvalue weighted by molar-refractivity contribution is 1.06. The van der Waals surface area contributed by atoms with Crippen LogP contribution in [0.4, 0.5) is 0 Å². The van der Waals surface area contributed by atoms with Crippen molar-refractivity contribution in [2.75, 3.05) is 0 Å². The Morgan fingerprint density at radius 2 is 1.19 bits per heavy atom. The summed E-state index contributed by atoms with van der Waals surface area (Å²) in [7, 11) is 0. The number of benzene rings is 2. The van der Waals surface area contributed by atoms with Gasteiger partial charge >= 0.3 is 0 Å². The molecule has 0 atom stereocenters. The van der Waals surface area contributed by atoms with Crippen LogP contribution in [0.5, 0.6) is 0 Å². The maximum atomic E-state index is 2.22. The van der Waals surface area contributed by atoms with Crippen LogP contribution in [0.25, 0.3) is 0 Å². The first-order valence-electron chi connectivity index (χ1n) is 5.77. The molecule has 0 N–H and O–H groups in total. The molecule has 3 rings (SSSR count). The van der Waals surface area contributed by atoms with E-state index in [1.165, 1.54) is 20.9 Å². The van der Waals surface area contributed by atoms with E-state index < -0.39 is 0 Å². The average molecular weight is 228 g/mol. The van der Waals surface area contributed by atoms with Crippen molar-refractivity contribution in [3.63, 3.8) is 0 Å². The number of fused-ring (bicyclic) bond motifs is 2. The molecule has 1 aliphatic heterocycles. The Labute approximate surface area is 102 Å². The van der Waals surface area contributed by atoms with Crippen LogP contribution >= 0.6 is 11.8 Å². The third-order valence-corrected chi connectivity index (χ3v) is 3.78. The molecule has 0 aromatic heterocycles. The van der Waals surface area contributed by atoms with Gasteiger partial charge in [-0.25, -0.2) is 0 Å². The highest BCUT2D eigenvalue weighted by Crippen LogP contribution is 2.38. The maximum absolute atomic E-state index is 2.22. The summed E-state index contributed by atoms with van der Waals surface area (Å²) in [4.78, 5) is 2.82. The van der Waals surface area contributed by atoms with Gasteiger partial charge in [0, 0.05) is 9.79 Å². The van der Waals surface area contributed by atoms with Crippen LogP contribution in [-0.4, -0.2) is 0 Å². The third kappa shape index (κ3) is 2.14. The Hall–Kier alpha value is -1.21. The van der Waals surface area contributed by atoms with E-state index in [1.807, 2.05) is 25.6 Å². The molecule has 0 radical (unpaired) electrons. The predicted molar refractivity (Wildman–Crippen MR) is 71.2 cm³/mol. The SMILES string of the molecule is CC.c1ccc2c(c1)Cc1ccccc1S2. The van der Waals surface area contributed by atoms with E-state index in [9.17, 15) is 0 Å². The van der Waals surface area contributed by atoms with Gasteiger partial charge < -0.3 is 0 Å². The fraction of sp³-hybridized carbons (Fsp3) is 0.200. The predicted octanol–water partition coefficient (Wildman–Crippen LogP) is 4.77. The summed E-state index contributed by atoms with van der Waals surface area (Å²) in [5.41, 5.74) is 2.91. The monoisotopic (exact) mass is 228 g/mol. The van der Waals surface area contributed by atoms with Crippen LogP contribution in [0.3, 0.4) is 0 Å². The van der Waals surface area contributed by atoms with E-state index in [2.05, 4.69) is 48.5 Å². The smallest absolute Gasteiger partial charge is 0.0157 e. The number of hydrogen-bond donors (Lipinski definition) is 0. The summed E-state index contributed by atoms with van der Waals surface area (Å²) < 4.78 is 0. The Balaban J connectivity index is 0.000000457. The van der Waals surface area contributed by atoms with Crippen molar-refractivity contribution < 1.29 is 0 Å². The fourth-order valence-corrected chi connectivity index (χ4v) is 2.90. The van der Waals surface area contributed by atoms with Gasteiger partial charge in [-0.1, -0.05) is 62.0 Å². The second kappa shape index (κ2) is 5.22. The molecule has 0 bridgehead atoms. The van der Waals surface area contributed by atoms with Crippen LogP contribution in [0, 0.1) is 0 Å². The molecule has 0 aliphatic carbocycles. The first kappa shape index (κ1) is 11.3. The fourth-order valence-electron chi connectivity index (χ4n) is 1.82. The normalized spacial score (nSPS) is 11.9. The largest absolute Gasteiger partial charge is 0.0895 e. The topological polar surface area (TPSA) is 0 Å². The highest BCUT2D eigenvalue weighted by atomic mass is 32.2. The lowest BCUT2D eigenvalue weighted by Crippen LogP contribution is -1.98. The molecule has 0 unspecified atom stereocenters. The van der Waals surface area contributed by atoms with Crippen LogP contribution in [0.2, 0.25) is 0 Å². The average Bonchev–Trinajstić information content (AvgIpc) is 2.38. The minimum atomic E-state index is 1.08. The van der Waals surface area contributed by atoms with Crippen LogP contribution < -0.4 is 0 Å². The van der Waals surface area contributed by atoms with Crippen LogP contribution in [0.15, 0.2) is 58.3 Å². The molecule has 0 saturated heterocycles. The van der Waals surface area contributed by atoms with Gasteiger partial charge in [-0.2, -0.15) is 0 Å². The van der Waals surface area contributed by atoms with Crippen molar-refractivity contribution in [1.82, 2.24) is 0 Å².